The molecule has 0 aromatic heterocycles. The van der Waals surface area contributed by atoms with Crippen molar-refractivity contribution >= 4 is 5.91 Å². The minimum atomic E-state index is -0.391. The molecule has 1 aromatic rings. The largest absolute Gasteiger partial charge is 0.481 e. The molecule has 0 bridgehead atoms. The Hall–Kier alpha value is -1.51. The van der Waals surface area contributed by atoms with Gasteiger partial charge in [-0.15, -0.1) is 0 Å². The number of hydrogen-bond acceptors (Lipinski definition) is 2. The summed E-state index contributed by atoms with van der Waals surface area (Å²) in [5, 5.41) is 0. The lowest BCUT2D eigenvalue weighted by atomic mass is 9.99. The minimum absolute atomic E-state index is 0.127. The van der Waals surface area contributed by atoms with Gasteiger partial charge in [0.2, 0.25) is 0 Å². The van der Waals surface area contributed by atoms with Crippen LogP contribution >= 0.6 is 0 Å². The van der Waals surface area contributed by atoms with Crippen molar-refractivity contribution in [3.8, 4) is 5.75 Å². The van der Waals surface area contributed by atoms with Crippen LogP contribution < -0.4 is 4.74 Å². The molecule has 1 atom stereocenters. The molecule has 0 saturated carbocycles. The standard InChI is InChI=1S/C18H25NO2/c1-13-8-10-19(11-9-13)18(20)14(2)21-17-7-6-15-4-3-5-16(15)12-17/h6-7,12-14H,3-5,8-11H2,1-2H3/t14-/m0/s1. The zero-order chi connectivity index (χ0) is 14.8. The Morgan fingerprint density at radius 3 is 2.71 bits per heavy atom. The number of rotatable bonds is 3. The van der Waals surface area contributed by atoms with Crippen molar-refractivity contribution in [3.05, 3.63) is 29.3 Å². The van der Waals surface area contributed by atoms with Crippen molar-refractivity contribution in [2.45, 2.75) is 52.1 Å². The van der Waals surface area contributed by atoms with Gasteiger partial charge in [-0.05, 0) is 68.2 Å². The molecule has 0 radical (unpaired) electrons. The highest BCUT2D eigenvalue weighted by atomic mass is 16.5. The quantitative estimate of drug-likeness (QED) is 0.854. The van der Waals surface area contributed by atoms with Crippen LogP contribution in [0, 0.1) is 5.92 Å². The zero-order valence-corrected chi connectivity index (χ0v) is 13.1. The third kappa shape index (κ3) is 3.22. The molecular weight excluding hydrogens is 262 g/mol. The van der Waals surface area contributed by atoms with E-state index in [0.29, 0.717) is 0 Å². The van der Waals surface area contributed by atoms with Crippen LogP contribution in [0.15, 0.2) is 18.2 Å². The summed E-state index contributed by atoms with van der Waals surface area (Å²) in [4.78, 5) is 14.4. The summed E-state index contributed by atoms with van der Waals surface area (Å²) in [7, 11) is 0. The fourth-order valence-electron chi connectivity index (χ4n) is 3.36. The number of ether oxygens (including phenoxy) is 1. The van der Waals surface area contributed by atoms with Crippen LogP contribution in [0.3, 0.4) is 0 Å². The van der Waals surface area contributed by atoms with E-state index < -0.39 is 6.10 Å². The number of hydrogen-bond donors (Lipinski definition) is 0. The van der Waals surface area contributed by atoms with E-state index in [-0.39, 0.29) is 5.91 Å². The summed E-state index contributed by atoms with van der Waals surface area (Å²) in [5.41, 5.74) is 2.82. The second-order valence-corrected chi connectivity index (χ2v) is 6.55. The van der Waals surface area contributed by atoms with Crippen LogP contribution in [0.5, 0.6) is 5.75 Å². The Balaban J connectivity index is 1.60. The van der Waals surface area contributed by atoms with Crippen LogP contribution in [0.25, 0.3) is 0 Å². The summed E-state index contributed by atoms with van der Waals surface area (Å²) < 4.78 is 5.89. The van der Waals surface area contributed by atoms with Crippen LogP contribution in [0.1, 0.15) is 44.2 Å². The third-order valence-corrected chi connectivity index (χ3v) is 4.83. The van der Waals surface area contributed by atoms with Gasteiger partial charge in [0.15, 0.2) is 6.10 Å². The molecule has 1 fully saturated rings. The SMILES string of the molecule is CC1CCN(C(=O)[C@H](C)Oc2ccc3c(c2)CCC3)CC1. The number of piperidine rings is 1. The molecule has 0 unspecified atom stereocenters. The number of aryl methyl sites for hydroxylation is 2. The lowest BCUT2D eigenvalue weighted by molar-refractivity contribution is -0.139. The summed E-state index contributed by atoms with van der Waals surface area (Å²) in [5.74, 6) is 1.70. The van der Waals surface area contributed by atoms with Crippen LogP contribution in [0.2, 0.25) is 0 Å². The van der Waals surface area contributed by atoms with Gasteiger partial charge < -0.3 is 9.64 Å². The summed E-state index contributed by atoms with van der Waals surface area (Å²) in [6.07, 6.45) is 5.38. The number of fused-ring (bicyclic) bond motifs is 1. The van der Waals surface area contributed by atoms with Gasteiger partial charge in [0.25, 0.3) is 5.91 Å². The molecule has 3 rings (SSSR count). The number of carbonyl (C=O) groups excluding carboxylic acids is 1. The van der Waals surface area contributed by atoms with Gasteiger partial charge in [0.1, 0.15) is 5.75 Å². The van der Waals surface area contributed by atoms with E-state index in [9.17, 15) is 4.79 Å². The molecule has 0 spiro atoms. The lowest BCUT2D eigenvalue weighted by Crippen LogP contribution is -2.44. The number of benzene rings is 1. The van der Waals surface area contributed by atoms with E-state index in [2.05, 4.69) is 19.1 Å². The third-order valence-electron chi connectivity index (χ3n) is 4.83. The topological polar surface area (TPSA) is 29.5 Å². The predicted molar refractivity (Wildman–Crippen MR) is 83.5 cm³/mol. The molecule has 2 aliphatic rings. The summed E-state index contributed by atoms with van der Waals surface area (Å²) >= 11 is 0. The molecule has 3 heteroatoms. The monoisotopic (exact) mass is 287 g/mol. The average molecular weight is 287 g/mol. The van der Waals surface area contributed by atoms with E-state index in [1.165, 1.54) is 24.0 Å². The van der Waals surface area contributed by atoms with Gasteiger partial charge in [-0.3, -0.25) is 4.79 Å². The molecular formula is C18H25NO2. The molecule has 1 heterocycles. The van der Waals surface area contributed by atoms with Crippen molar-refractivity contribution in [1.82, 2.24) is 4.90 Å². The van der Waals surface area contributed by atoms with Crippen LogP contribution in [-0.4, -0.2) is 30.0 Å². The number of carbonyl (C=O) groups is 1. The Kier molecular flexibility index (Phi) is 4.18. The maximum Gasteiger partial charge on any atom is 0.263 e. The van der Waals surface area contributed by atoms with E-state index in [0.717, 1.165) is 44.0 Å². The summed E-state index contributed by atoms with van der Waals surface area (Å²) in [6, 6.07) is 6.27. The van der Waals surface area contributed by atoms with Crippen LogP contribution in [-0.2, 0) is 17.6 Å². The zero-order valence-electron chi connectivity index (χ0n) is 13.1. The average Bonchev–Trinajstić information content (AvgIpc) is 2.95. The van der Waals surface area contributed by atoms with Gasteiger partial charge in [-0.25, -0.2) is 0 Å². The maximum atomic E-state index is 12.4. The van der Waals surface area contributed by atoms with Gasteiger partial charge >= 0.3 is 0 Å². The van der Waals surface area contributed by atoms with Gasteiger partial charge in [-0.2, -0.15) is 0 Å². The molecule has 1 aromatic carbocycles. The molecule has 1 saturated heterocycles. The predicted octanol–water partition coefficient (Wildman–Crippen LogP) is 3.20. The Labute approximate surface area is 127 Å². The van der Waals surface area contributed by atoms with Gasteiger partial charge in [-0.1, -0.05) is 13.0 Å². The number of likely N-dealkylation sites (tertiary alicyclic amines) is 1. The molecule has 0 N–H and O–H groups in total. The van der Waals surface area contributed by atoms with Crippen molar-refractivity contribution in [2.75, 3.05) is 13.1 Å². The van der Waals surface area contributed by atoms with E-state index in [4.69, 9.17) is 4.74 Å². The highest BCUT2D eigenvalue weighted by Gasteiger charge is 2.25. The number of nitrogens with zero attached hydrogens (tertiary/aromatic N) is 1. The molecule has 114 valence electrons. The van der Waals surface area contributed by atoms with Crippen molar-refractivity contribution in [1.29, 1.82) is 0 Å². The Morgan fingerprint density at radius 2 is 1.95 bits per heavy atom. The number of amides is 1. The first-order valence-corrected chi connectivity index (χ1v) is 8.21. The first kappa shape index (κ1) is 14.4. The van der Waals surface area contributed by atoms with E-state index in [1.807, 2.05) is 17.9 Å². The molecule has 1 aliphatic carbocycles. The molecule has 3 nitrogen and oxygen atoms in total. The van der Waals surface area contributed by atoms with Crippen LogP contribution in [0.4, 0.5) is 0 Å². The van der Waals surface area contributed by atoms with Crippen molar-refractivity contribution in [2.24, 2.45) is 5.92 Å². The smallest absolute Gasteiger partial charge is 0.263 e. The highest BCUT2D eigenvalue weighted by Crippen LogP contribution is 2.27. The lowest BCUT2D eigenvalue weighted by Gasteiger charge is -2.32. The van der Waals surface area contributed by atoms with Gasteiger partial charge in [0.05, 0.1) is 0 Å². The second kappa shape index (κ2) is 6.08. The van der Waals surface area contributed by atoms with Gasteiger partial charge in [0, 0.05) is 13.1 Å². The van der Waals surface area contributed by atoms with Crippen molar-refractivity contribution in [3.63, 3.8) is 0 Å². The Morgan fingerprint density at radius 1 is 1.24 bits per heavy atom. The Bertz CT molecular complexity index is 518. The van der Waals surface area contributed by atoms with E-state index >= 15 is 0 Å². The minimum Gasteiger partial charge on any atom is -0.481 e. The highest BCUT2D eigenvalue weighted by molar-refractivity contribution is 5.81. The maximum absolute atomic E-state index is 12.4. The second-order valence-electron chi connectivity index (χ2n) is 6.55. The first-order chi connectivity index (χ1) is 10.1. The molecule has 1 aliphatic heterocycles. The fourth-order valence-corrected chi connectivity index (χ4v) is 3.36. The first-order valence-electron chi connectivity index (χ1n) is 8.21. The summed E-state index contributed by atoms with van der Waals surface area (Å²) in [6.45, 7) is 5.87. The fraction of sp³-hybridized carbons (Fsp3) is 0.611. The normalized spacial score (nSPS) is 20.2. The van der Waals surface area contributed by atoms with Crippen molar-refractivity contribution < 1.29 is 9.53 Å². The molecule has 21 heavy (non-hydrogen) atoms. The molecule has 1 amide bonds. The van der Waals surface area contributed by atoms with E-state index in [1.54, 1.807) is 0 Å².